The van der Waals surface area contributed by atoms with Crippen LogP contribution in [0.5, 0.6) is 0 Å². The number of benzene rings is 1. The SMILES string of the molecule is CCC1CCC(N(C)C(=O)c2cccc(F)c2NC)CC1. The van der Waals surface area contributed by atoms with Gasteiger partial charge in [0.15, 0.2) is 0 Å². The Hall–Kier alpha value is -1.58. The lowest BCUT2D eigenvalue weighted by atomic mass is 9.84. The second kappa shape index (κ2) is 6.92. The van der Waals surface area contributed by atoms with Crippen LogP contribution < -0.4 is 5.32 Å². The van der Waals surface area contributed by atoms with Crippen LogP contribution in [0, 0.1) is 11.7 Å². The number of hydrogen-bond donors (Lipinski definition) is 1. The maximum atomic E-state index is 13.8. The number of nitrogens with one attached hydrogen (secondary N) is 1. The lowest BCUT2D eigenvalue weighted by Crippen LogP contribution is -2.39. The fraction of sp³-hybridized carbons (Fsp3) is 0.588. The number of anilines is 1. The Balaban J connectivity index is 2.11. The van der Waals surface area contributed by atoms with Gasteiger partial charge < -0.3 is 10.2 Å². The van der Waals surface area contributed by atoms with Crippen LogP contribution in [0.15, 0.2) is 18.2 Å². The van der Waals surface area contributed by atoms with E-state index in [1.165, 1.54) is 25.3 Å². The molecule has 21 heavy (non-hydrogen) atoms. The van der Waals surface area contributed by atoms with Gasteiger partial charge in [-0.05, 0) is 43.7 Å². The van der Waals surface area contributed by atoms with Gasteiger partial charge in [-0.15, -0.1) is 0 Å². The summed E-state index contributed by atoms with van der Waals surface area (Å²) in [5.74, 6) is 0.317. The fourth-order valence-corrected chi connectivity index (χ4v) is 3.25. The van der Waals surface area contributed by atoms with Crippen molar-refractivity contribution in [3.8, 4) is 0 Å². The summed E-state index contributed by atoms with van der Waals surface area (Å²) in [5.41, 5.74) is 0.703. The Morgan fingerprint density at radius 1 is 1.33 bits per heavy atom. The normalized spacial score (nSPS) is 21.9. The second-order valence-electron chi connectivity index (χ2n) is 5.91. The number of rotatable bonds is 4. The summed E-state index contributed by atoms with van der Waals surface area (Å²) >= 11 is 0. The predicted octanol–water partition coefficient (Wildman–Crippen LogP) is 3.91. The van der Waals surface area contributed by atoms with Crippen molar-refractivity contribution in [1.82, 2.24) is 4.90 Å². The number of amides is 1. The number of nitrogens with zero attached hydrogens (tertiary/aromatic N) is 1. The van der Waals surface area contributed by atoms with Crippen molar-refractivity contribution in [1.29, 1.82) is 0 Å². The van der Waals surface area contributed by atoms with Crippen LogP contribution in [0.25, 0.3) is 0 Å². The van der Waals surface area contributed by atoms with Crippen molar-refractivity contribution in [2.24, 2.45) is 5.92 Å². The highest BCUT2D eigenvalue weighted by atomic mass is 19.1. The molecule has 3 nitrogen and oxygen atoms in total. The first-order valence-corrected chi connectivity index (χ1v) is 7.81. The third-order valence-electron chi connectivity index (χ3n) is 4.76. The van der Waals surface area contributed by atoms with Gasteiger partial charge in [0.2, 0.25) is 0 Å². The molecule has 1 aromatic carbocycles. The smallest absolute Gasteiger partial charge is 0.256 e. The summed E-state index contributed by atoms with van der Waals surface area (Å²) in [4.78, 5) is 14.4. The zero-order valence-corrected chi connectivity index (χ0v) is 13.2. The average molecular weight is 292 g/mol. The fourth-order valence-electron chi connectivity index (χ4n) is 3.25. The summed E-state index contributed by atoms with van der Waals surface area (Å²) in [5, 5.41) is 2.80. The first-order valence-electron chi connectivity index (χ1n) is 7.81. The van der Waals surface area contributed by atoms with Gasteiger partial charge in [0, 0.05) is 20.1 Å². The standard InChI is InChI=1S/C17H25FN2O/c1-4-12-8-10-13(11-9-12)20(3)17(21)14-6-5-7-15(18)16(14)19-2/h5-7,12-13,19H,4,8-11H2,1-3H3. The molecule has 0 radical (unpaired) electrons. The van der Waals surface area contributed by atoms with Crippen molar-refractivity contribution < 1.29 is 9.18 Å². The largest absolute Gasteiger partial charge is 0.385 e. The zero-order chi connectivity index (χ0) is 15.4. The quantitative estimate of drug-likeness (QED) is 0.912. The van der Waals surface area contributed by atoms with Gasteiger partial charge >= 0.3 is 0 Å². The van der Waals surface area contributed by atoms with Gasteiger partial charge in [0.1, 0.15) is 5.82 Å². The highest BCUT2D eigenvalue weighted by Gasteiger charge is 2.27. The maximum Gasteiger partial charge on any atom is 0.256 e. The highest BCUT2D eigenvalue weighted by Crippen LogP contribution is 2.30. The van der Waals surface area contributed by atoms with E-state index >= 15 is 0 Å². The van der Waals surface area contributed by atoms with Crippen molar-refractivity contribution in [3.05, 3.63) is 29.6 Å². The lowest BCUT2D eigenvalue weighted by Gasteiger charge is -2.34. The van der Waals surface area contributed by atoms with E-state index in [2.05, 4.69) is 12.2 Å². The minimum absolute atomic E-state index is 0.0983. The summed E-state index contributed by atoms with van der Waals surface area (Å²) < 4.78 is 13.8. The summed E-state index contributed by atoms with van der Waals surface area (Å²) in [6, 6.07) is 4.92. The van der Waals surface area contributed by atoms with E-state index in [-0.39, 0.29) is 23.5 Å². The number of carbonyl (C=O) groups excluding carboxylic acids is 1. The molecule has 2 rings (SSSR count). The van der Waals surface area contributed by atoms with E-state index in [1.54, 1.807) is 24.1 Å². The molecule has 0 heterocycles. The Morgan fingerprint density at radius 3 is 2.57 bits per heavy atom. The monoisotopic (exact) mass is 292 g/mol. The maximum absolute atomic E-state index is 13.8. The number of para-hydroxylation sites is 1. The van der Waals surface area contributed by atoms with Gasteiger partial charge in [0.05, 0.1) is 11.3 Å². The molecule has 4 heteroatoms. The second-order valence-corrected chi connectivity index (χ2v) is 5.91. The van der Waals surface area contributed by atoms with E-state index in [0.29, 0.717) is 5.56 Å². The Kier molecular flexibility index (Phi) is 5.21. The van der Waals surface area contributed by atoms with Gasteiger partial charge in [-0.1, -0.05) is 19.4 Å². The van der Waals surface area contributed by atoms with Crippen molar-refractivity contribution >= 4 is 11.6 Å². The molecule has 1 N–H and O–H groups in total. The topological polar surface area (TPSA) is 32.3 Å². The van der Waals surface area contributed by atoms with E-state index in [9.17, 15) is 9.18 Å². The Bertz CT molecular complexity index is 496. The van der Waals surface area contributed by atoms with Crippen molar-refractivity contribution in [2.75, 3.05) is 19.4 Å². The van der Waals surface area contributed by atoms with E-state index in [1.807, 2.05) is 7.05 Å². The zero-order valence-electron chi connectivity index (χ0n) is 13.2. The molecule has 1 fully saturated rings. The van der Waals surface area contributed by atoms with Gasteiger partial charge in [-0.3, -0.25) is 4.79 Å². The van der Waals surface area contributed by atoms with Crippen molar-refractivity contribution in [3.63, 3.8) is 0 Å². The van der Waals surface area contributed by atoms with Crippen LogP contribution in [0.2, 0.25) is 0 Å². The summed E-state index contributed by atoms with van der Waals surface area (Å²) in [7, 11) is 3.48. The molecule has 0 bridgehead atoms. The number of halogens is 1. The Morgan fingerprint density at radius 2 is 2.00 bits per heavy atom. The molecule has 1 aliphatic carbocycles. The van der Waals surface area contributed by atoms with Gasteiger partial charge in [0.25, 0.3) is 5.91 Å². The lowest BCUT2D eigenvalue weighted by molar-refractivity contribution is 0.0675. The molecule has 1 aromatic rings. The third-order valence-corrected chi connectivity index (χ3v) is 4.76. The molecule has 0 spiro atoms. The van der Waals surface area contributed by atoms with Crippen molar-refractivity contribution in [2.45, 2.75) is 45.1 Å². The summed E-state index contributed by atoms with van der Waals surface area (Å²) in [6.45, 7) is 2.23. The molecule has 1 aliphatic rings. The van der Waals surface area contributed by atoms with Gasteiger partial charge in [-0.25, -0.2) is 4.39 Å². The molecule has 0 aliphatic heterocycles. The highest BCUT2D eigenvalue weighted by molar-refractivity contribution is 5.99. The predicted molar refractivity (Wildman–Crippen MR) is 84.1 cm³/mol. The first-order chi connectivity index (χ1) is 10.1. The van der Waals surface area contributed by atoms with Crippen LogP contribution >= 0.6 is 0 Å². The minimum Gasteiger partial charge on any atom is -0.385 e. The van der Waals surface area contributed by atoms with Crippen LogP contribution in [0.3, 0.4) is 0 Å². The molecule has 0 atom stereocenters. The van der Waals surface area contributed by atoms with Crippen LogP contribution in [-0.4, -0.2) is 30.9 Å². The summed E-state index contributed by atoms with van der Waals surface area (Å²) in [6.07, 6.45) is 5.68. The van der Waals surface area contributed by atoms with Gasteiger partial charge in [-0.2, -0.15) is 0 Å². The van der Waals surface area contributed by atoms with Crippen LogP contribution in [-0.2, 0) is 0 Å². The molecule has 0 unspecified atom stereocenters. The molecular formula is C17H25FN2O. The minimum atomic E-state index is -0.383. The molecule has 1 saturated carbocycles. The molecule has 0 aromatic heterocycles. The van der Waals surface area contributed by atoms with E-state index < -0.39 is 0 Å². The van der Waals surface area contributed by atoms with Crippen LogP contribution in [0.1, 0.15) is 49.4 Å². The molecule has 1 amide bonds. The van der Waals surface area contributed by atoms with E-state index in [4.69, 9.17) is 0 Å². The molecule has 0 saturated heterocycles. The van der Waals surface area contributed by atoms with Crippen LogP contribution in [0.4, 0.5) is 10.1 Å². The molecular weight excluding hydrogens is 267 g/mol. The third kappa shape index (κ3) is 3.36. The first kappa shape index (κ1) is 15.8. The Labute approximate surface area is 126 Å². The van der Waals surface area contributed by atoms with E-state index in [0.717, 1.165) is 18.8 Å². The average Bonchev–Trinajstić information content (AvgIpc) is 2.53. The molecule has 116 valence electrons. The number of carbonyl (C=O) groups is 1. The number of hydrogen-bond acceptors (Lipinski definition) is 2.